The van der Waals surface area contributed by atoms with Crippen molar-refractivity contribution >= 4 is 18.0 Å². The fourth-order valence-electron chi connectivity index (χ4n) is 3.54. The summed E-state index contributed by atoms with van der Waals surface area (Å²) >= 11 is 0. The summed E-state index contributed by atoms with van der Waals surface area (Å²) < 4.78 is 0. The maximum Gasteiger partial charge on any atom is 0.224 e. The van der Waals surface area contributed by atoms with E-state index in [2.05, 4.69) is 24.3 Å². The summed E-state index contributed by atoms with van der Waals surface area (Å²) in [7, 11) is 0. The summed E-state index contributed by atoms with van der Waals surface area (Å²) in [6.45, 7) is 4.56. The van der Waals surface area contributed by atoms with Gasteiger partial charge in [-0.25, -0.2) is 0 Å². The number of primary amides is 1. The van der Waals surface area contributed by atoms with E-state index in [4.69, 9.17) is 10.6 Å². The van der Waals surface area contributed by atoms with Gasteiger partial charge in [0.25, 0.3) is 0 Å². The second-order valence-corrected chi connectivity index (χ2v) is 7.66. The van der Waals surface area contributed by atoms with Gasteiger partial charge in [-0.3, -0.25) is 9.59 Å². The van der Waals surface area contributed by atoms with Gasteiger partial charge in [-0.15, -0.1) is 0 Å². The van der Waals surface area contributed by atoms with Crippen LogP contribution in [0.4, 0.5) is 0 Å². The van der Waals surface area contributed by atoms with Crippen LogP contribution in [0, 0.1) is 17.8 Å². The number of amides is 2. The van der Waals surface area contributed by atoms with Crippen molar-refractivity contribution in [3.63, 3.8) is 0 Å². The smallest absolute Gasteiger partial charge is 0.224 e. The van der Waals surface area contributed by atoms with Gasteiger partial charge in [0.15, 0.2) is 0 Å². The minimum atomic E-state index is -0.380. The third-order valence-electron chi connectivity index (χ3n) is 4.91. The number of nitrogens with one attached hydrogen (secondary N) is 1. The molecule has 148 valence electrons. The number of hydrogen-bond donors (Lipinski definition) is 2. The van der Waals surface area contributed by atoms with Crippen LogP contribution < -0.4 is 11.1 Å². The molecule has 1 aliphatic rings. The minimum absolute atomic E-state index is 0.112. The molecule has 6 heteroatoms. The van der Waals surface area contributed by atoms with E-state index in [1.165, 1.54) is 0 Å². The van der Waals surface area contributed by atoms with E-state index in [-0.39, 0.29) is 29.7 Å². The molecule has 3 atom stereocenters. The summed E-state index contributed by atoms with van der Waals surface area (Å²) in [6, 6.07) is 9.55. The van der Waals surface area contributed by atoms with Gasteiger partial charge >= 0.3 is 0 Å². The zero-order valence-corrected chi connectivity index (χ0v) is 16.3. The Labute approximate surface area is 161 Å². The molecular weight excluding hydrogens is 342 g/mol. The Morgan fingerprint density at radius 1 is 1.22 bits per heavy atom. The van der Waals surface area contributed by atoms with Crippen LogP contribution in [-0.2, 0) is 21.0 Å². The summed E-state index contributed by atoms with van der Waals surface area (Å²) in [4.78, 5) is 29.8. The zero-order valence-electron chi connectivity index (χ0n) is 16.3. The monoisotopic (exact) mass is 373 g/mol. The maximum absolute atomic E-state index is 12.7. The van der Waals surface area contributed by atoms with Gasteiger partial charge in [0.1, 0.15) is 6.61 Å². The summed E-state index contributed by atoms with van der Waals surface area (Å²) in [5.41, 5.74) is 6.53. The Kier molecular flexibility index (Phi) is 8.30. The standard InChI is InChI=1S/C21H31N3O3/c1-15(2)12-17(13-23-27-14-16-8-4-3-5-9-16)24-21(26)19-11-7-6-10-18(19)20(22)25/h3-5,8-9,13,15,17-19H,6-7,10-12,14H2,1-2H3,(H2,22,25)(H,24,26)/t17?,18-,19+/m0/s1. The Morgan fingerprint density at radius 2 is 1.89 bits per heavy atom. The lowest BCUT2D eigenvalue weighted by Crippen LogP contribution is -2.46. The number of nitrogens with two attached hydrogens (primary N) is 1. The number of oxime groups is 1. The number of benzene rings is 1. The van der Waals surface area contributed by atoms with Crippen molar-refractivity contribution in [2.75, 3.05) is 0 Å². The largest absolute Gasteiger partial charge is 0.391 e. The molecule has 0 heterocycles. The van der Waals surface area contributed by atoms with Crippen molar-refractivity contribution in [3.8, 4) is 0 Å². The van der Waals surface area contributed by atoms with E-state index >= 15 is 0 Å². The highest BCUT2D eigenvalue weighted by Crippen LogP contribution is 2.30. The van der Waals surface area contributed by atoms with Crippen LogP contribution in [0.3, 0.4) is 0 Å². The first-order valence-electron chi connectivity index (χ1n) is 9.76. The molecule has 1 saturated carbocycles. The second-order valence-electron chi connectivity index (χ2n) is 7.66. The van der Waals surface area contributed by atoms with Crippen molar-refractivity contribution in [2.45, 2.75) is 58.6 Å². The van der Waals surface area contributed by atoms with Gasteiger partial charge in [0.05, 0.1) is 12.3 Å². The summed E-state index contributed by atoms with van der Waals surface area (Å²) in [5.74, 6) is -0.822. The molecule has 1 unspecified atom stereocenters. The van der Waals surface area contributed by atoms with Crippen LogP contribution in [0.1, 0.15) is 51.5 Å². The van der Waals surface area contributed by atoms with E-state index in [1.807, 2.05) is 30.3 Å². The molecule has 1 fully saturated rings. The Balaban J connectivity index is 1.93. The first-order valence-corrected chi connectivity index (χ1v) is 9.76. The molecule has 0 aliphatic heterocycles. The molecule has 0 saturated heterocycles. The predicted molar refractivity (Wildman–Crippen MR) is 106 cm³/mol. The molecule has 0 aromatic heterocycles. The van der Waals surface area contributed by atoms with Gasteiger partial charge < -0.3 is 15.9 Å². The lowest BCUT2D eigenvalue weighted by Gasteiger charge is -2.29. The molecule has 1 aromatic carbocycles. The molecule has 3 N–H and O–H groups in total. The van der Waals surface area contributed by atoms with E-state index in [0.29, 0.717) is 25.4 Å². The highest BCUT2D eigenvalue weighted by Gasteiger charge is 2.35. The van der Waals surface area contributed by atoms with Crippen LogP contribution in [0.15, 0.2) is 35.5 Å². The Bertz CT molecular complexity index is 631. The fourth-order valence-corrected chi connectivity index (χ4v) is 3.54. The molecule has 27 heavy (non-hydrogen) atoms. The fraction of sp³-hybridized carbons (Fsp3) is 0.571. The van der Waals surface area contributed by atoms with Crippen molar-refractivity contribution in [2.24, 2.45) is 28.6 Å². The van der Waals surface area contributed by atoms with Crippen LogP contribution >= 0.6 is 0 Å². The zero-order chi connectivity index (χ0) is 19.6. The molecule has 0 bridgehead atoms. The van der Waals surface area contributed by atoms with Crippen LogP contribution in [0.5, 0.6) is 0 Å². The molecule has 0 spiro atoms. The SMILES string of the molecule is CC(C)CC(C=NOCc1ccccc1)NC(=O)[C@@H]1CCCC[C@@H]1C(N)=O. The highest BCUT2D eigenvalue weighted by molar-refractivity contribution is 5.88. The number of carbonyl (C=O) groups is 2. The van der Waals surface area contributed by atoms with E-state index < -0.39 is 0 Å². The normalized spacial score (nSPS) is 21.1. The lowest BCUT2D eigenvalue weighted by atomic mass is 9.78. The van der Waals surface area contributed by atoms with Crippen LogP contribution in [0.25, 0.3) is 0 Å². The van der Waals surface area contributed by atoms with E-state index in [1.54, 1.807) is 6.21 Å². The van der Waals surface area contributed by atoms with Crippen LogP contribution in [-0.4, -0.2) is 24.1 Å². The average molecular weight is 373 g/mol. The second kappa shape index (κ2) is 10.7. The molecule has 2 rings (SSSR count). The van der Waals surface area contributed by atoms with Crippen molar-refractivity contribution < 1.29 is 14.4 Å². The number of nitrogens with zero attached hydrogens (tertiary/aromatic N) is 1. The summed E-state index contributed by atoms with van der Waals surface area (Å²) in [5, 5.41) is 7.07. The Hall–Kier alpha value is -2.37. The van der Waals surface area contributed by atoms with Gasteiger partial charge in [-0.1, -0.05) is 62.2 Å². The maximum atomic E-state index is 12.7. The topological polar surface area (TPSA) is 93.8 Å². The number of rotatable bonds is 9. The van der Waals surface area contributed by atoms with Crippen LogP contribution in [0.2, 0.25) is 0 Å². The molecule has 1 aromatic rings. The highest BCUT2D eigenvalue weighted by atomic mass is 16.6. The number of hydrogen-bond acceptors (Lipinski definition) is 4. The third kappa shape index (κ3) is 7.04. The lowest BCUT2D eigenvalue weighted by molar-refractivity contribution is -0.135. The van der Waals surface area contributed by atoms with Gasteiger partial charge in [0, 0.05) is 11.8 Å². The molecule has 1 aliphatic carbocycles. The van der Waals surface area contributed by atoms with E-state index in [0.717, 1.165) is 24.8 Å². The van der Waals surface area contributed by atoms with Gasteiger partial charge in [-0.05, 0) is 30.7 Å². The van der Waals surface area contributed by atoms with Crippen molar-refractivity contribution in [1.82, 2.24) is 5.32 Å². The quantitative estimate of drug-likeness (QED) is 0.515. The minimum Gasteiger partial charge on any atom is -0.391 e. The predicted octanol–water partition coefficient (Wildman–Crippen LogP) is 3.01. The third-order valence-corrected chi connectivity index (χ3v) is 4.91. The number of carbonyl (C=O) groups excluding carboxylic acids is 2. The Morgan fingerprint density at radius 3 is 2.52 bits per heavy atom. The van der Waals surface area contributed by atoms with E-state index in [9.17, 15) is 9.59 Å². The molecule has 2 amide bonds. The van der Waals surface area contributed by atoms with Crippen molar-refractivity contribution in [1.29, 1.82) is 0 Å². The van der Waals surface area contributed by atoms with Gasteiger partial charge in [-0.2, -0.15) is 0 Å². The van der Waals surface area contributed by atoms with Crippen molar-refractivity contribution in [3.05, 3.63) is 35.9 Å². The summed E-state index contributed by atoms with van der Waals surface area (Å²) in [6.07, 6.45) is 5.68. The molecule has 0 radical (unpaired) electrons. The first kappa shape index (κ1) is 20.9. The average Bonchev–Trinajstić information content (AvgIpc) is 2.65. The first-order chi connectivity index (χ1) is 13.0. The molecular formula is C21H31N3O3. The van der Waals surface area contributed by atoms with Gasteiger partial charge in [0.2, 0.25) is 11.8 Å². The molecule has 6 nitrogen and oxygen atoms in total.